The Morgan fingerprint density at radius 2 is 1.60 bits per heavy atom. The number of nitrogens with one attached hydrogen (secondary N) is 1. The van der Waals surface area contributed by atoms with Crippen LogP contribution in [0.5, 0.6) is 0 Å². The largest absolute Gasteiger partial charge is 0.479 e. The van der Waals surface area contributed by atoms with Crippen molar-refractivity contribution in [3.63, 3.8) is 0 Å². The van der Waals surface area contributed by atoms with Gasteiger partial charge in [-0.25, -0.2) is 9.59 Å². The number of hydrogen-bond donors (Lipinski definition) is 2. The van der Waals surface area contributed by atoms with Crippen LogP contribution in [0.3, 0.4) is 0 Å². The van der Waals surface area contributed by atoms with Gasteiger partial charge in [-0.3, -0.25) is 4.79 Å². The van der Waals surface area contributed by atoms with Crippen LogP contribution < -0.4 is 5.32 Å². The summed E-state index contributed by atoms with van der Waals surface area (Å²) < 4.78 is 5.67. The molecular weight excluding hydrogens is 444 g/mol. The minimum Gasteiger partial charge on any atom is -0.479 e. The summed E-state index contributed by atoms with van der Waals surface area (Å²) in [5.41, 5.74) is 3.39. The SMILES string of the molecule is CC(C)CC(NC(=O)OCC1c2ccccc2-c2ccccc21)C(=O)N1C2CCC1(C(=O)O)CC2. The van der Waals surface area contributed by atoms with Gasteiger partial charge in [-0.05, 0) is 60.3 Å². The zero-order valence-corrected chi connectivity index (χ0v) is 20.2. The first-order valence-electron chi connectivity index (χ1n) is 12.5. The lowest BCUT2D eigenvalue weighted by Crippen LogP contribution is -2.57. The third-order valence-corrected chi connectivity index (χ3v) is 7.89. The summed E-state index contributed by atoms with van der Waals surface area (Å²) in [6, 6.07) is 15.4. The van der Waals surface area contributed by atoms with E-state index < -0.39 is 23.6 Å². The molecule has 2 aromatic carbocycles. The van der Waals surface area contributed by atoms with Gasteiger partial charge in [0.15, 0.2) is 0 Å². The van der Waals surface area contributed by atoms with Crippen LogP contribution in [-0.2, 0) is 14.3 Å². The molecule has 5 rings (SSSR count). The predicted octanol–water partition coefficient (Wildman–Crippen LogP) is 4.55. The number of alkyl carbamates (subject to hydrolysis) is 1. The highest BCUT2D eigenvalue weighted by Crippen LogP contribution is 2.47. The molecule has 7 nitrogen and oxygen atoms in total. The quantitative estimate of drug-likeness (QED) is 0.611. The second-order valence-corrected chi connectivity index (χ2v) is 10.4. The minimum absolute atomic E-state index is 0.0717. The Bertz CT molecular complexity index is 1110. The topological polar surface area (TPSA) is 95.9 Å². The number of aliphatic carboxylic acids is 1. The zero-order valence-electron chi connectivity index (χ0n) is 20.2. The number of carbonyl (C=O) groups is 3. The normalized spacial score (nSPS) is 23.2. The molecule has 2 N–H and O–H groups in total. The Morgan fingerprint density at radius 3 is 2.14 bits per heavy atom. The molecule has 1 atom stereocenters. The number of fused-ring (bicyclic) bond motifs is 5. The monoisotopic (exact) mass is 476 g/mol. The first kappa shape index (κ1) is 23.4. The Kier molecular flexibility index (Phi) is 6.03. The molecule has 1 unspecified atom stereocenters. The van der Waals surface area contributed by atoms with Gasteiger partial charge in [0.05, 0.1) is 0 Å². The molecule has 2 heterocycles. The van der Waals surface area contributed by atoms with Crippen molar-refractivity contribution in [1.29, 1.82) is 0 Å². The number of carboxylic acids is 1. The molecule has 0 aromatic heterocycles. The van der Waals surface area contributed by atoms with Crippen molar-refractivity contribution in [1.82, 2.24) is 10.2 Å². The summed E-state index contributed by atoms with van der Waals surface area (Å²) in [6.45, 7) is 4.12. The highest BCUT2D eigenvalue weighted by molar-refractivity contribution is 5.93. The van der Waals surface area contributed by atoms with Gasteiger partial charge in [-0.15, -0.1) is 0 Å². The number of nitrogens with zero attached hydrogens (tertiary/aromatic N) is 1. The second kappa shape index (κ2) is 9.02. The van der Waals surface area contributed by atoms with E-state index >= 15 is 0 Å². The van der Waals surface area contributed by atoms with E-state index in [0.29, 0.717) is 32.1 Å². The van der Waals surface area contributed by atoms with E-state index in [1.807, 2.05) is 38.1 Å². The van der Waals surface area contributed by atoms with Crippen molar-refractivity contribution in [3.05, 3.63) is 59.7 Å². The van der Waals surface area contributed by atoms with Gasteiger partial charge in [0, 0.05) is 12.0 Å². The summed E-state index contributed by atoms with van der Waals surface area (Å²) in [7, 11) is 0. The molecule has 2 bridgehead atoms. The highest BCUT2D eigenvalue weighted by atomic mass is 16.5. The van der Waals surface area contributed by atoms with Crippen LogP contribution in [0, 0.1) is 5.92 Å². The predicted molar refractivity (Wildman–Crippen MR) is 131 cm³/mol. The molecule has 0 saturated carbocycles. The van der Waals surface area contributed by atoms with E-state index in [4.69, 9.17) is 4.74 Å². The van der Waals surface area contributed by atoms with E-state index in [-0.39, 0.29) is 30.4 Å². The molecule has 2 aromatic rings. The number of amides is 2. The molecule has 184 valence electrons. The zero-order chi connectivity index (χ0) is 24.7. The first-order chi connectivity index (χ1) is 16.8. The van der Waals surface area contributed by atoms with Crippen LogP contribution in [-0.4, -0.2) is 52.2 Å². The van der Waals surface area contributed by atoms with Gasteiger partial charge in [0.25, 0.3) is 0 Å². The van der Waals surface area contributed by atoms with E-state index in [1.54, 1.807) is 4.90 Å². The average Bonchev–Trinajstić information content (AvgIpc) is 3.50. The lowest BCUT2D eigenvalue weighted by molar-refractivity contribution is -0.156. The molecular formula is C28H32N2O5. The molecule has 2 fully saturated rings. The number of rotatable bonds is 7. The summed E-state index contributed by atoms with van der Waals surface area (Å²) in [6.07, 6.45) is 2.09. The number of ether oxygens (including phenoxy) is 1. The van der Waals surface area contributed by atoms with Gasteiger partial charge >= 0.3 is 12.1 Å². The maximum absolute atomic E-state index is 13.6. The number of carboxylic acid groups (broad SMARTS) is 1. The standard InChI is InChI=1S/C28H32N2O5/c1-17(2)15-24(25(31)30-18-11-13-28(30,14-12-18)26(32)33)29-27(34)35-16-23-21-9-5-3-7-19(21)20-8-4-6-10-22(20)23/h3-10,17-18,23-24H,11-16H2,1-2H3,(H,29,34)(H,32,33). The summed E-state index contributed by atoms with van der Waals surface area (Å²) in [5.74, 6) is -1.19. The second-order valence-electron chi connectivity index (χ2n) is 10.4. The van der Waals surface area contributed by atoms with E-state index in [9.17, 15) is 19.5 Å². The molecule has 2 saturated heterocycles. The Balaban J connectivity index is 1.30. The molecule has 2 amide bonds. The maximum atomic E-state index is 13.6. The van der Waals surface area contributed by atoms with Crippen LogP contribution in [0.15, 0.2) is 48.5 Å². The molecule has 3 aliphatic rings. The van der Waals surface area contributed by atoms with Crippen LogP contribution in [0.25, 0.3) is 11.1 Å². The molecule has 1 aliphatic carbocycles. The van der Waals surface area contributed by atoms with Gasteiger partial charge in [-0.2, -0.15) is 0 Å². The third kappa shape index (κ3) is 3.97. The van der Waals surface area contributed by atoms with Gasteiger partial charge in [-0.1, -0.05) is 62.4 Å². The number of benzene rings is 2. The van der Waals surface area contributed by atoms with Crippen molar-refractivity contribution in [3.8, 4) is 11.1 Å². The average molecular weight is 477 g/mol. The Labute approximate surface area is 205 Å². The fraction of sp³-hybridized carbons (Fsp3) is 0.464. The Morgan fingerprint density at radius 1 is 1.03 bits per heavy atom. The summed E-state index contributed by atoms with van der Waals surface area (Å²) in [4.78, 5) is 40.1. The molecule has 7 heteroatoms. The fourth-order valence-corrected chi connectivity index (χ4v) is 6.28. The van der Waals surface area contributed by atoms with Gasteiger partial charge in [0.2, 0.25) is 5.91 Å². The van der Waals surface area contributed by atoms with Crippen molar-refractivity contribution >= 4 is 18.0 Å². The number of hydrogen-bond acceptors (Lipinski definition) is 4. The molecule has 35 heavy (non-hydrogen) atoms. The third-order valence-electron chi connectivity index (χ3n) is 7.89. The minimum atomic E-state index is -1.14. The summed E-state index contributed by atoms with van der Waals surface area (Å²) >= 11 is 0. The van der Waals surface area contributed by atoms with E-state index in [0.717, 1.165) is 22.3 Å². The van der Waals surface area contributed by atoms with Gasteiger partial charge in [0.1, 0.15) is 18.2 Å². The van der Waals surface area contributed by atoms with Gasteiger partial charge < -0.3 is 20.1 Å². The van der Waals surface area contributed by atoms with Crippen molar-refractivity contribution < 1.29 is 24.2 Å². The fourth-order valence-electron chi connectivity index (χ4n) is 6.28. The molecule has 0 spiro atoms. The van der Waals surface area contributed by atoms with Crippen LogP contribution >= 0.6 is 0 Å². The first-order valence-corrected chi connectivity index (χ1v) is 12.5. The van der Waals surface area contributed by atoms with E-state index in [1.165, 1.54) is 0 Å². The highest BCUT2D eigenvalue weighted by Gasteiger charge is 2.59. The smallest absolute Gasteiger partial charge is 0.407 e. The van der Waals surface area contributed by atoms with Crippen molar-refractivity contribution in [2.24, 2.45) is 5.92 Å². The summed E-state index contributed by atoms with van der Waals surface area (Å²) in [5, 5.41) is 12.7. The molecule has 2 aliphatic heterocycles. The lowest BCUT2D eigenvalue weighted by Gasteiger charge is -2.34. The molecule has 0 radical (unpaired) electrons. The Hall–Kier alpha value is -3.35. The van der Waals surface area contributed by atoms with Crippen LogP contribution in [0.2, 0.25) is 0 Å². The number of carbonyl (C=O) groups excluding carboxylic acids is 2. The lowest BCUT2D eigenvalue weighted by atomic mass is 9.88. The van der Waals surface area contributed by atoms with E-state index in [2.05, 4.69) is 29.6 Å². The maximum Gasteiger partial charge on any atom is 0.407 e. The van der Waals surface area contributed by atoms with Crippen LogP contribution in [0.4, 0.5) is 4.79 Å². The van der Waals surface area contributed by atoms with Crippen molar-refractivity contribution in [2.45, 2.75) is 69.5 Å². The van der Waals surface area contributed by atoms with Crippen LogP contribution in [0.1, 0.15) is 63.0 Å². The van der Waals surface area contributed by atoms with Crippen molar-refractivity contribution in [2.75, 3.05) is 6.61 Å².